The van der Waals surface area contributed by atoms with E-state index in [1.165, 1.54) is 4.70 Å². The van der Waals surface area contributed by atoms with E-state index >= 15 is 0 Å². The molecule has 0 aliphatic rings. The van der Waals surface area contributed by atoms with E-state index in [1.807, 2.05) is 30.4 Å². The minimum Gasteiger partial charge on any atom is -0.237 e. The fourth-order valence-corrected chi connectivity index (χ4v) is 2.04. The lowest BCUT2D eigenvalue weighted by Crippen LogP contribution is -1.67. The number of thiazole rings is 1. The van der Waals surface area contributed by atoms with Gasteiger partial charge in [-0.3, -0.25) is 0 Å². The van der Waals surface area contributed by atoms with Gasteiger partial charge in [0.1, 0.15) is 5.01 Å². The monoisotopic (exact) mass is 188 g/mol. The highest BCUT2D eigenvalue weighted by Crippen LogP contribution is 2.22. The number of nitrogens with zero attached hydrogens (tertiary/aromatic N) is 1. The molecule has 65 valence electrons. The smallest absolute Gasteiger partial charge is 0.117 e. The average Bonchev–Trinajstić information content (AvgIpc) is 2.57. The van der Waals surface area contributed by atoms with Crippen LogP contribution in [0.25, 0.3) is 16.3 Å². The summed E-state index contributed by atoms with van der Waals surface area (Å²) in [6.45, 7) is 3.74. The van der Waals surface area contributed by atoms with Crippen LogP contribution in [0.2, 0.25) is 0 Å². The highest BCUT2D eigenvalue weighted by Gasteiger charge is 1.97. The molecule has 0 aliphatic heterocycles. The number of hydrogen-bond acceptors (Lipinski definition) is 2. The van der Waals surface area contributed by atoms with Crippen molar-refractivity contribution < 1.29 is 0 Å². The van der Waals surface area contributed by atoms with Gasteiger partial charge in [0.15, 0.2) is 0 Å². The van der Waals surface area contributed by atoms with Crippen molar-refractivity contribution in [2.24, 2.45) is 0 Å². The van der Waals surface area contributed by atoms with Crippen LogP contribution in [-0.4, -0.2) is 4.98 Å². The molecule has 0 fully saturated rings. The van der Waals surface area contributed by atoms with E-state index < -0.39 is 0 Å². The fraction of sp³-hybridized carbons (Fsp3) is 0.0909. The standard InChI is InChI=1S/C11H10NS/c1-2-3-8-11-12-9-6-4-5-7-10(9)13-11/h3-8H,1-2H2. The summed E-state index contributed by atoms with van der Waals surface area (Å²) in [5.74, 6) is 0. The molecule has 1 radical (unpaired) electrons. The van der Waals surface area contributed by atoms with Crippen molar-refractivity contribution in [3.8, 4) is 0 Å². The van der Waals surface area contributed by atoms with E-state index in [0.29, 0.717) is 0 Å². The van der Waals surface area contributed by atoms with Crippen LogP contribution < -0.4 is 0 Å². The van der Waals surface area contributed by atoms with Gasteiger partial charge in [-0.2, -0.15) is 0 Å². The highest BCUT2D eigenvalue weighted by atomic mass is 32.1. The summed E-state index contributed by atoms with van der Waals surface area (Å²) in [5, 5.41) is 1.06. The van der Waals surface area contributed by atoms with Gasteiger partial charge >= 0.3 is 0 Å². The van der Waals surface area contributed by atoms with Crippen molar-refractivity contribution in [2.45, 2.75) is 6.42 Å². The molecule has 0 N–H and O–H groups in total. The lowest BCUT2D eigenvalue weighted by atomic mass is 10.3. The Balaban J connectivity index is 2.44. The Morgan fingerprint density at radius 3 is 3.00 bits per heavy atom. The maximum absolute atomic E-state index is 4.45. The number of hydrogen-bond donors (Lipinski definition) is 0. The first kappa shape index (κ1) is 8.45. The van der Waals surface area contributed by atoms with Gasteiger partial charge in [0.25, 0.3) is 0 Å². The molecule has 0 aliphatic carbocycles. The lowest BCUT2D eigenvalue weighted by molar-refractivity contribution is 1.40. The summed E-state index contributed by atoms with van der Waals surface area (Å²) >= 11 is 1.71. The predicted octanol–water partition coefficient (Wildman–Crippen LogP) is 3.53. The summed E-state index contributed by atoms with van der Waals surface area (Å²) in [5.41, 5.74) is 1.08. The second-order valence-electron chi connectivity index (χ2n) is 2.71. The molecular weight excluding hydrogens is 178 g/mol. The van der Waals surface area contributed by atoms with Crippen LogP contribution in [0, 0.1) is 6.92 Å². The molecular formula is C11H10NS. The van der Waals surface area contributed by atoms with Crippen LogP contribution in [-0.2, 0) is 0 Å². The van der Waals surface area contributed by atoms with Crippen molar-refractivity contribution in [1.82, 2.24) is 4.98 Å². The van der Waals surface area contributed by atoms with Crippen LogP contribution in [0.3, 0.4) is 0 Å². The summed E-state index contributed by atoms with van der Waals surface area (Å²) < 4.78 is 1.24. The first-order chi connectivity index (χ1) is 6.40. The molecule has 1 heterocycles. The molecule has 0 atom stereocenters. The molecule has 13 heavy (non-hydrogen) atoms. The molecule has 0 amide bonds. The zero-order chi connectivity index (χ0) is 9.10. The Hall–Kier alpha value is -1.15. The molecule has 1 aromatic heterocycles. The molecule has 1 aromatic carbocycles. The first-order valence-electron chi connectivity index (χ1n) is 4.21. The van der Waals surface area contributed by atoms with Crippen LogP contribution >= 0.6 is 11.3 Å². The van der Waals surface area contributed by atoms with Gasteiger partial charge in [-0.15, -0.1) is 11.3 Å². The van der Waals surface area contributed by atoms with Crippen LogP contribution in [0.5, 0.6) is 0 Å². The molecule has 0 bridgehead atoms. The summed E-state index contributed by atoms with van der Waals surface area (Å²) in [6, 6.07) is 8.17. The largest absolute Gasteiger partial charge is 0.237 e. The molecule has 0 saturated heterocycles. The Labute approximate surface area is 81.7 Å². The van der Waals surface area contributed by atoms with Crippen LogP contribution in [0.1, 0.15) is 11.4 Å². The Kier molecular flexibility index (Phi) is 2.41. The van der Waals surface area contributed by atoms with Gasteiger partial charge in [-0.1, -0.05) is 18.2 Å². The maximum Gasteiger partial charge on any atom is 0.117 e. The molecule has 2 rings (SSSR count). The second kappa shape index (κ2) is 3.71. The van der Waals surface area contributed by atoms with Crippen molar-refractivity contribution in [1.29, 1.82) is 0 Å². The minimum atomic E-state index is 0.815. The number of benzene rings is 1. The second-order valence-corrected chi connectivity index (χ2v) is 3.77. The number of rotatable bonds is 2. The van der Waals surface area contributed by atoms with Crippen molar-refractivity contribution >= 4 is 27.6 Å². The van der Waals surface area contributed by atoms with Gasteiger partial charge < -0.3 is 0 Å². The maximum atomic E-state index is 4.45. The van der Waals surface area contributed by atoms with E-state index in [4.69, 9.17) is 0 Å². The third-order valence-corrected chi connectivity index (χ3v) is 2.74. The predicted molar refractivity (Wildman–Crippen MR) is 58.6 cm³/mol. The van der Waals surface area contributed by atoms with Crippen LogP contribution in [0.4, 0.5) is 0 Å². The Bertz CT molecular complexity index is 395. The highest BCUT2D eigenvalue weighted by molar-refractivity contribution is 7.19. The molecule has 0 spiro atoms. The van der Waals surface area contributed by atoms with E-state index in [2.05, 4.69) is 18.0 Å². The van der Waals surface area contributed by atoms with E-state index in [0.717, 1.165) is 16.9 Å². The molecule has 0 unspecified atom stereocenters. The quantitative estimate of drug-likeness (QED) is 0.702. The summed E-state index contributed by atoms with van der Waals surface area (Å²) in [7, 11) is 0. The van der Waals surface area contributed by atoms with Gasteiger partial charge in [-0.05, 0) is 31.6 Å². The number of fused-ring (bicyclic) bond motifs is 1. The number of aromatic nitrogens is 1. The zero-order valence-corrected chi connectivity index (χ0v) is 8.05. The Morgan fingerprint density at radius 2 is 2.23 bits per heavy atom. The van der Waals surface area contributed by atoms with Gasteiger partial charge in [0.2, 0.25) is 0 Å². The summed E-state index contributed by atoms with van der Waals surface area (Å²) in [6.07, 6.45) is 4.87. The molecule has 0 saturated carbocycles. The SMILES string of the molecule is [CH2]CC=Cc1nc2ccccc2s1. The first-order valence-corrected chi connectivity index (χ1v) is 5.03. The number of para-hydroxylation sites is 1. The van der Waals surface area contributed by atoms with Crippen molar-refractivity contribution in [3.05, 3.63) is 42.3 Å². The zero-order valence-electron chi connectivity index (χ0n) is 7.23. The third-order valence-electron chi connectivity index (χ3n) is 1.74. The van der Waals surface area contributed by atoms with E-state index in [-0.39, 0.29) is 0 Å². The average molecular weight is 188 g/mol. The number of allylic oxidation sites excluding steroid dienone is 1. The molecule has 1 nitrogen and oxygen atoms in total. The third kappa shape index (κ3) is 1.78. The van der Waals surface area contributed by atoms with Gasteiger partial charge in [-0.25, -0.2) is 4.98 Å². The Morgan fingerprint density at radius 1 is 1.38 bits per heavy atom. The van der Waals surface area contributed by atoms with Gasteiger partial charge in [0, 0.05) is 0 Å². The topological polar surface area (TPSA) is 12.9 Å². The van der Waals surface area contributed by atoms with Crippen LogP contribution in [0.15, 0.2) is 30.3 Å². The molecule has 2 aromatic rings. The van der Waals surface area contributed by atoms with Crippen molar-refractivity contribution in [2.75, 3.05) is 0 Å². The summed E-state index contributed by atoms with van der Waals surface area (Å²) in [4.78, 5) is 4.45. The van der Waals surface area contributed by atoms with Crippen molar-refractivity contribution in [3.63, 3.8) is 0 Å². The normalized spacial score (nSPS) is 11.5. The van der Waals surface area contributed by atoms with E-state index in [9.17, 15) is 0 Å². The minimum absolute atomic E-state index is 0.815. The molecule has 2 heteroatoms. The lowest BCUT2D eigenvalue weighted by Gasteiger charge is -1.80. The van der Waals surface area contributed by atoms with E-state index in [1.54, 1.807) is 11.3 Å². The van der Waals surface area contributed by atoms with Gasteiger partial charge in [0.05, 0.1) is 10.2 Å². The fourth-order valence-electron chi connectivity index (χ4n) is 1.15.